The highest BCUT2D eigenvalue weighted by Gasteiger charge is 2.23. The van der Waals surface area contributed by atoms with E-state index in [-0.39, 0.29) is 10.7 Å². The van der Waals surface area contributed by atoms with Gasteiger partial charge in [-0.05, 0) is 33.8 Å². The van der Waals surface area contributed by atoms with Gasteiger partial charge in [-0.1, -0.05) is 0 Å². The van der Waals surface area contributed by atoms with Gasteiger partial charge in [-0.3, -0.25) is 4.72 Å². The van der Waals surface area contributed by atoms with Crippen molar-refractivity contribution in [1.29, 1.82) is 0 Å². The zero-order chi connectivity index (χ0) is 17.5. The summed E-state index contributed by atoms with van der Waals surface area (Å²) >= 11 is 0. The second-order valence-corrected chi connectivity index (χ2v) is 7.11. The molecule has 0 spiro atoms. The van der Waals surface area contributed by atoms with Crippen molar-refractivity contribution < 1.29 is 12.8 Å². The lowest BCUT2D eigenvalue weighted by atomic mass is 10.4. The Bertz CT molecular complexity index is 984. The second-order valence-electron chi connectivity index (χ2n) is 5.46. The first kappa shape index (κ1) is 16.2. The normalized spacial score (nSPS) is 11.7. The Morgan fingerprint density at radius 1 is 1.08 bits per heavy atom. The van der Waals surface area contributed by atoms with Crippen LogP contribution in [-0.2, 0) is 10.0 Å². The second kappa shape index (κ2) is 5.75. The van der Waals surface area contributed by atoms with Crippen LogP contribution in [-0.4, -0.2) is 28.2 Å². The topological polar surface area (TPSA) is 103 Å². The Hall–Kier alpha value is -2.68. The van der Waals surface area contributed by atoms with Crippen LogP contribution in [0.4, 0.5) is 5.82 Å². The number of aryl methyl sites for hydroxylation is 4. The number of furan rings is 1. The zero-order valence-electron chi connectivity index (χ0n) is 13.7. The summed E-state index contributed by atoms with van der Waals surface area (Å²) < 4.78 is 34.4. The van der Waals surface area contributed by atoms with E-state index in [0.29, 0.717) is 17.5 Å². The molecule has 0 radical (unpaired) electrons. The third-order valence-electron chi connectivity index (χ3n) is 3.33. The fourth-order valence-corrected chi connectivity index (χ4v) is 3.69. The molecular weight excluding hydrogens is 330 g/mol. The highest BCUT2D eigenvalue weighted by molar-refractivity contribution is 7.92. The molecule has 0 saturated heterocycles. The molecule has 126 valence electrons. The van der Waals surface area contributed by atoms with E-state index < -0.39 is 10.0 Å². The third-order valence-corrected chi connectivity index (χ3v) is 4.79. The van der Waals surface area contributed by atoms with Crippen molar-refractivity contribution in [3.8, 4) is 5.95 Å². The summed E-state index contributed by atoms with van der Waals surface area (Å²) in [5.41, 5.74) is 1.53. The number of nitrogens with one attached hydrogen (secondary N) is 1. The number of rotatable bonds is 4. The molecule has 0 atom stereocenters. The minimum atomic E-state index is -3.80. The SMILES string of the molecule is Cc1cc(C)nc(-n2nccc2NS(=O)(=O)c2cc(C)oc2C)n1. The first-order valence-corrected chi connectivity index (χ1v) is 8.71. The van der Waals surface area contributed by atoms with Crippen LogP contribution in [0.25, 0.3) is 5.95 Å². The minimum Gasteiger partial charge on any atom is -0.465 e. The van der Waals surface area contributed by atoms with Crippen molar-refractivity contribution in [3.63, 3.8) is 0 Å². The maximum absolute atomic E-state index is 12.6. The molecule has 3 heterocycles. The van der Waals surface area contributed by atoms with Crippen molar-refractivity contribution >= 4 is 15.8 Å². The quantitative estimate of drug-likeness (QED) is 0.777. The van der Waals surface area contributed by atoms with Gasteiger partial charge in [0.05, 0.1) is 6.20 Å². The summed E-state index contributed by atoms with van der Waals surface area (Å²) in [4.78, 5) is 8.69. The van der Waals surface area contributed by atoms with E-state index in [4.69, 9.17) is 4.42 Å². The van der Waals surface area contributed by atoms with Crippen molar-refractivity contribution in [2.45, 2.75) is 32.6 Å². The smallest absolute Gasteiger partial charge is 0.266 e. The predicted octanol–water partition coefficient (Wildman–Crippen LogP) is 2.29. The molecule has 0 aliphatic carbocycles. The lowest BCUT2D eigenvalue weighted by molar-refractivity contribution is 0.496. The third kappa shape index (κ3) is 3.02. The van der Waals surface area contributed by atoms with Gasteiger partial charge in [-0.2, -0.15) is 9.78 Å². The first-order chi connectivity index (χ1) is 11.3. The number of aromatic nitrogens is 4. The van der Waals surface area contributed by atoms with E-state index in [2.05, 4.69) is 19.8 Å². The van der Waals surface area contributed by atoms with E-state index in [1.54, 1.807) is 19.9 Å². The maximum atomic E-state index is 12.6. The molecule has 9 heteroatoms. The van der Waals surface area contributed by atoms with E-state index in [1.165, 1.54) is 16.9 Å². The summed E-state index contributed by atoms with van der Waals surface area (Å²) in [7, 11) is -3.80. The standard InChI is InChI=1S/C15H17N5O3S/c1-9-7-10(2)18-15(17-9)20-14(5-6-16-20)19-24(21,22)13-8-11(3)23-12(13)4/h5-8,19H,1-4H3. The largest absolute Gasteiger partial charge is 0.465 e. The predicted molar refractivity (Wildman–Crippen MR) is 87.6 cm³/mol. The summed E-state index contributed by atoms with van der Waals surface area (Å²) in [6, 6.07) is 4.85. The van der Waals surface area contributed by atoms with E-state index in [0.717, 1.165) is 11.4 Å². The molecule has 0 aliphatic rings. The first-order valence-electron chi connectivity index (χ1n) is 7.23. The Kier molecular flexibility index (Phi) is 3.88. The van der Waals surface area contributed by atoms with Crippen LogP contribution in [0.1, 0.15) is 22.9 Å². The van der Waals surface area contributed by atoms with Crippen LogP contribution >= 0.6 is 0 Å². The number of nitrogens with zero attached hydrogens (tertiary/aromatic N) is 4. The van der Waals surface area contributed by atoms with Crippen molar-refractivity contribution in [2.24, 2.45) is 0 Å². The molecule has 3 aromatic rings. The minimum absolute atomic E-state index is 0.0918. The summed E-state index contributed by atoms with van der Waals surface area (Å²) in [5, 5.41) is 4.12. The molecule has 0 aliphatic heterocycles. The lowest BCUT2D eigenvalue weighted by Gasteiger charge is -2.09. The molecule has 0 bridgehead atoms. The molecule has 0 fully saturated rings. The van der Waals surface area contributed by atoms with Gasteiger partial charge in [-0.25, -0.2) is 18.4 Å². The maximum Gasteiger partial charge on any atom is 0.266 e. The number of hydrogen-bond donors (Lipinski definition) is 1. The molecule has 1 N–H and O–H groups in total. The van der Waals surface area contributed by atoms with Gasteiger partial charge in [-0.15, -0.1) is 0 Å². The van der Waals surface area contributed by atoms with Gasteiger partial charge in [0.15, 0.2) is 0 Å². The van der Waals surface area contributed by atoms with Gasteiger partial charge in [0, 0.05) is 23.5 Å². The summed E-state index contributed by atoms with van der Waals surface area (Å²) in [6.45, 7) is 6.97. The van der Waals surface area contributed by atoms with E-state index in [9.17, 15) is 8.42 Å². The van der Waals surface area contributed by atoms with Crippen LogP contribution in [0.2, 0.25) is 0 Å². The van der Waals surface area contributed by atoms with Crippen LogP contribution in [0.5, 0.6) is 0 Å². The fraction of sp³-hybridized carbons (Fsp3) is 0.267. The van der Waals surface area contributed by atoms with Crippen LogP contribution < -0.4 is 4.72 Å². The molecule has 0 unspecified atom stereocenters. The van der Waals surface area contributed by atoms with Gasteiger partial charge in [0.2, 0.25) is 0 Å². The average molecular weight is 347 g/mol. The van der Waals surface area contributed by atoms with Crippen molar-refractivity contribution in [1.82, 2.24) is 19.7 Å². The monoisotopic (exact) mass is 347 g/mol. The van der Waals surface area contributed by atoms with Crippen LogP contribution in [0.3, 0.4) is 0 Å². The molecule has 3 aromatic heterocycles. The van der Waals surface area contributed by atoms with Crippen LogP contribution in [0, 0.1) is 27.7 Å². The van der Waals surface area contributed by atoms with Crippen LogP contribution in [0.15, 0.2) is 33.7 Å². The van der Waals surface area contributed by atoms with Gasteiger partial charge < -0.3 is 4.42 Å². The molecule has 0 aromatic carbocycles. The molecular formula is C15H17N5O3S. The lowest BCUT2D eigenvalue weighted by Crippen LogP contribution is -2.17. The van der Waals surface area contributed by atoms with Gasteiger partial charge in [0.25, 0.3) is 16.0 Å². The average Bonchev–Trinajstić information content (AvgIpc) is 3.04. The Morgan fingerprint density at radius 2 is 1.75 bits per heavy atom. The van der Waals surface area contributed by atoms with Gasteiger partial charge >= 0.3 is 0 Å². The summed E-state index contributed by atoms with van der Waals surface area (Å²) in [6.07, 6.45) is 1.48. The van der Waals surface area contributed by atoms with E-state index >= 15 is 0 Å². The number of anilines is 1. The Morgan fingerprint density at radius 3 is 2.33 bits per heavy atom. The Labute approximate surface area is 139 Å². The van der Waals surface area contributed by atoms with E-state index in [1.807, 2.05) is 19.9 Å². The highest BCUT2D eigenvalue weighted by atomic mass is 32.2. The molecule has 3 rings (SSSR count). The molecule has 0 saturated carbocycles. The van der Waals surface area contributed by atoms with Crippen molar-refractivity contribution in [3.05, 3.63) is 47.3 Å². The Balaban J connectivity index is 2.01. The zero-order valence-corrected chi connectivity index (χ0v) is 14.5. The molecule has 8 nitrogen and oxygen atoms in total. The molecule has 24 heavy (non-hydrogen) atoms. The summed E-state index contributed by atoms with van der Waals surface area (Å²) in [5.74, 6) is 1.40. The highest BCUT2D eigenvalue weighted by Crippen LogP contribution is 2.23. The number of hydrogen-bond acceptors (Lipinski definition) is 6. The van der Waals surface area contributed by atoms with Crippen molar-refractivity contribution in [2.75, 3.05) is 4.72 Å². The molecule has 0 amide bonds. The van der Waals surface area contributed by atoms with Gasteiger partial charge in [0.1, 0.15) is 22.2 Å². The number of sulfonamides is 1. The fourth-order valence-electron chi connectivity index (χ4n) is 2.41.